The monoisotopic (exact) mass is 384 g/mol. The molecule has 28 heavy (non-hydrogen) atoms. The molecular formula is C26H44N2. The lowest BCUT2D eigenvalue weighted by molar-refractivity contribution is 0.295. The molecule has 0 bridgehead atoms. The first-order valence-corrected chi connectivity index (χ1v) is 12.6. The van der Waals surface area contributed by atoms with E-state index in [1.165, 1.54) is 114 Å². The zero-order valence-corrected chi connectivity index (χ0v) is 18.7. The van der Waals surface area contributed by atoms with E-state index in [0.717, 1.165) is 11.8 Å². The Kier molecular flexibility index (Phi) is 9.28. The molecule has 2 fully saturated rings. The number of rotatable bonds is 10. The van der Waals surface area contributed by atoms with E-state index in [0.29, 0.717) is 11.8 Å². The average molecular weight is 385 g/mol. The lowest BCUT2D eigenvalue weighted by Crippen LogP contribution is -2.17. The first kappa shape index (κ1) is 21.8. The molecular weight excluding hydrogens is 340 g/mol. The Balaban J connectivity index is 1.41. The Bertz CT molecular complexity index is 473. The van der Waals surface area contributed by atoms with Gasteiger partial charge in [-0.2, -0.15) is 10.2 Å². The van der Waals surface area contributed by atoms with E-state index >= 15 is 0 Å². The molecule has 0 atom stereocenters. The highest BCUT2D eigenvalue weighted by atomic mass is 15.1. The highest BCUT2D eigenvalue weighted by molar-refractivity contribution is 5.15. The fourth-order valence-corrected chi connectivity index (χ4v) is 5.65. The average Bonchev–Trinajstić information content (AvgIpc) is 2.75. The van der Waals surface area contributed by atoms with E-state index in [4.69, 9.17) is 10.2 Å². The Morgan fingerprint density at radius 2 is 1.00 bits per heavy atom. The van der Waals surface area contributed by atoms with Crippen LogP contribution in [0.1, 0.15) is 140 Å². The molecule has 158 valence electrons. The van der Waals surface area contributed by atoms with E-state index in [9.17, 15) is 0 Å². The Hall–Kier alpha value is -0.920. The summed E-state index contributed by atoms with van der Waals surface area (Å²) >= 11 is 0. The first-order valence-electron chi connectivity index (χ1n) is 12.6. The Morgan fingerprint density at radius 1 is 0.607 bits per heavy atom. The van der Waals surface area contributed by atoms with Crippen LogP contribution in [0.2, 0.25) is 0 Å². The van der Waals surface area contributed by atoms with Crippen molar-refractivity contribution in [2.75, 3.05) is 0 Å². The molecule has 3 rings (SSSR count). The number of nitrogens with zero attached hydrogens (tertiary/aromatic N) is 2. The largest absolute Gasteiger partial charge is 0.155 e. The summed E-state index contributed by atoms with van der Waals surface area (Å²) in [7, 11) is 0. The molecule has 0 aromatic carbocycles. The molecule has 0 amide bonds. The maximum atomic E-state index is 4.71. The smallest absolute Gasteiger partial charge is 0.0662 e. The van der Waals surface area contributed by atoms with Gasteiger partial charge in [-0.25, -0.2) is 0 Å². The molecule has 1 heterocycles. The summed E-state index contributed by atoms with van der Waals surface area (Å²) in [5, 5.41) is 9.42. The Morgan fingerprint density at radius 3 is 1.32 bits per heavy atom. The second-order valence-electron chi connectivity index (χ2n) is 9.81. The lowest BCUT2D eigenvalue weighted by Gasteiger charge is -2.29. The molecule has 2 nitrogen and oxygen atoms in total. The summed E-state index contributed by atoms with van der Waals surface area (Å²) in [6, 6.07) is 4.63. The van der Waals surface area contributed by atoms with Crippen molar-refractivity contribution in [3.8, 4) is 0 Å². The standard InChI is InChI=1S/C26H44N2/c1-3-5-7-9-21-11-15-23(16-12-21)25-19-20-26(28-27-25)24-17-13-22(14-18-24)10-8-6-4-2/h19-24H,3-18H2,1-2H3/t21-,22-,23-,24-. The molecule has 0 N–H and O–H groups in total. The molecule has 0 spiro atoms. The van der Waals surface area contributed by atoms with Gasteiger partial charge in [-0.05, 0) is 75.3 Å². The predicted molar refractivity (Wildman–Crippen MR) is 120 cm³/mol. The van der Waals surface area contributed by atoms with Crippen molar-refractivity contribution in [1.82, 2.24) is 10.2 Å². The summed E-state index contributed by atoms with van der Waals surface area (Å²) in [4.78, 5) is 0. The van der Waals surface area contributed by atoms with Gasteiger partial charge in [0.2, 0.25) is 0 Å². The van der Waals surface area contributed by atoms with Gasteiger partial charge in [0.05, 0.1) is 11.4 Å². The van der Waals surface area contributed by atoms with Crippen LogP contribution in [0.3, 0.4) is 0 Å². The zero-order chi connectivity index (χ0) is 19.6. The predicted octanol–water partition coefficient (Wildman–Crippen LogP) is 8.18. The van der Waals surface area contributed by atoms with Gasteiger partial charge in [-0.1, -0.05) is 65.2 Å². The third-order valence-corrected chi connectivity index (χ3v) is 7.67. The van der Waals surface area contributed by atoms with Crippen LogP contribution in [0.25, 0.3) is 0 Å². The molecule has 2 heteroatoms. The van der Waals surface area contributed by atoms with Crippen LogP contribution in [-0.4, -0.2) is 10.2 Å². The summed E-state index contributed by atoms with van der Waals surface area (Å²) in [6.45, 7) is 4.61. The molecule has 2 saturated carbocycles. The van der Waals surface area contributed by atoms with Gasteiger partial charge in [-0.15, -0.1) is 0 Å². The number of hydrogen-bond donors (Lipinski definition) is 0. The minimum absolute atomic E-state index is 0.665. The van der Waals surface area contributed by atoms with Gasteiger partial charge in [0, 0.05) is 11.8 Å². The number of unbranched alkanes of at least 4 members (excludes halogenated alkanes) is 4. The zero-order valence-electron chi connectivity index (χ0n) is 18.7. The van der Waals surface area contributed by atoms with Gasteiger partial charge in [0.1, 0.15) is 0 Å². The van der Waals surface area contributed by atoms with Gasteiger partial charge in [0.15, 0.2) is 0 Å². The SMILES string of the molecule is CCCCC[C@H]1CC[C@H](c2ccc([C@H]3CC[C@H](CCCCC)CC3)nn2)CC1. The van der Waals surface area contributed by atoms with Crippen molar-refractivity contribution >= 4 is 0 Å². The normalized spacial score (nSPS) is 28.4. The number of aromatic nitrogens is 2. The van der Waals surface area contributed by atoms with Crippen molar-refractivity contribution in [2.45, 2.75) is 128 Å². The second-order valence-corrected chi connectivity index (χ2v) is 9.81. The third kappa shape index (κ3) is 6.56. The van der Waals surface area contributed by atoms with Crippen LogP contribution >= 0.6 is 0 Å². The van der Waals surface area contributed by atoms with Gasteiger partial charge in [-0.3, -0.25) is 0 Å². The molecule has 0 aliphatic heterocycles. The van der Waals surface area contributed by atoms with Crippen LogP contribution in [0.4, 0.5) is 0 Å². The topological polar surface area (TPSA) is 25.8 Å². The fraction of sp³-hybridized carbons (Fsp3) is 0.846. The first-order chi connectivity index (χ1) is 13.8. The van der Waals surface area contributed by atoms with E-state index < -0.39 is 0 Å². The van der Waals surface area contributed by atoms with E-state index in [2.05, 4.69) is 26.0 Å². The second kappa shape index (κ2) is 11.9. The number of hydrogen-bond acceptors (Lipinski definition) is 2. The highest BCUT2D eigenvalue weighted by Gasteiger charge is 2.25. The van der Waals surface area contributed by atoms with Crippen LogP contribution in [-0.2, 0) is 0 Å². The summed E-state index contributed by atoms with van der Waals surface area (Å²) in [5.41, 5.74) is 2.54. The van der Waals surface area contributed by atoms with E-state index in [-0.39, 0.29) is 0 Å². The van der Waals surface area contributed by atoms with Crippen LogP contribution in [0, 0.1) is 11.8 Å². The van der Waals surface area contributed by atoms with Gasteiger partial charge in [0.25, 0.3) is 0 Å². The Labute approximate surface area is 174 Å². The van der Waals surface area contributed by atoms with Crippen LogP contribution in [0.15, 0.2) is 12.1 Å². The lowest BCUT2D eigenvalue weighted by atomic mass is 9.77. The maximum Gasteiger partial charge on any atom is 0.0662 e. The van der Waals surface area contributed by atoms with Crippen LogP contribution in [0.5, 0.6) is 0 Å². The van der Waals surface area contributed by atoms with Crippen molar-refractivity contribution in [3.05, 3.63) is 23.5 Å². The highest BCUT2D eigenvalue weighted by Crippen LogP contribution is 2.39. The molecule has 2 aliphatic rings. The third-order valence-electron chi connectivity index (χ3n) is 7.67. The van der Waals surface area contributed by atoms with Crippen LogP contribution < -0.4 is 0 Å². The quantitative estimate of drug-likeness (QED) is 0.380. The molecule has 1 aromatic rings. The molecule has 2 aliphatic carbocycles. The molecule has 0 radical (unpaired) electrons. The maximum absolute atomic E-state index is 4.71. The van der Waals surface area contributed by atoms with Gasteiger partial charge < -0.3 is 0 Å². The van der Waals surface area contributed by atoms with E-state index in [1.807, 2.05) is 0 Å². The minimum Gasteiger partial charge on any atom is -0.155 e. The molecule has 0 saturated heterocycles. The van der Waals surface area contributed by atoms with Crippen molar-refractivity contribution in [2.24, 2.45) is 11.8 Å². The minimum atomic E-state index is 0.665. The van der Waals surface area contributed by atoms with Crippen molar-refractivity contribution < 1.29 is 0 Å². The summed E-state index contributed by atoms with van der Waals surface area (Å²) < 4.78 is 0. The van der Waals surface area contributed by atoms with E-state index in [1.54, 1.807) is 0 Å². The summed E-state index contributed by atoms with van der Waals surface area (Å²) in [6.07, 6.45) is 22.2. The van der Waals surface area contributed by atoms with Gasteiger partial charge >= 0.3 is 0 Å². The van der Waals surface area contributed by atoms with Crippen molar-refractivity contribution in [1.29, 1.82) is 0 Å². The fourth-order valence-electron chi connectivity index (χ4n) is 5.65. The molecule has 0 unspecified atom stereocenters. The van der Waals surface area contributed by atoms with Crippen molar-refractivity contribution in [3.63, 3.8) is 0 Å². The summed E-state index contributed by atoms with van der Waals surface area (Å²) in [5.74, 6) is 3.28. The molecule has 1 aromatic heterocycles.